The SMILES string of the molecule is CCC(C)c1cccc(C(C)(O)CC(F)(F)C(F)(F)F)c1. The molecule has 0 aliphatic heterocycles. The van der Waals surface area contributed by atoms with E-state index in [4.69, 9.17) is 0 Å². The molecule has 0 fully saturated rings. The quantitative estimate of drug-likeness (QED) is 0.759. The number of halogens is 5. The van der Waals surface area contributed by atoms with Gasteiger partial charge in [-0.3, -0.25) is 0 Å². The molecule has 2 atom stereocenters. The zero-order valence-electron chi connectivity index (χ0n) is 12.1. The predicted molar refractivity (Wildman–Crippen MR) is 70.3 cm³/mol. The Balaban J connectivity index is 3.08. The molecule has 1 N–H and O–H groups in total. The van der Waals surface area contributed by atoms with E-state index < -0.39 is 24.1 Å². The van der Waals surface area contributed by atoms with Crippen LogP contribution >= 0.6 is 0 Å². The molecule has 21 heavy (non-hydrogen) atoms. The molecule has 0 aliphatic rings. The Morgan fingerprint density at radius 1 is 1.14 bits per heavy atom. The van der Waals surface area contributed by atoms with Gasteiger partial charge in [0, 0.05) is 0 Å². The lowest BCUT2D eigenvalue weighted by Crippen LogP contribution is -2.42. The minimum absolute atomic E-state index is 0.0595. The number of benzene rings is 1. The van der Waals surface area contributed by atoms with Crippen molar-refractivity contribution in [1.82, 2.24) is 0 Å². The summed E-state index contributed by atoms with van der Waals surface area (Å²) >= 11 is 0. The Kier molecular flexibility index (Phi) is 5.03. The maximum absolute atomic E-state index is 13.2. The Hall–Kier alpha value is -1.17. The van der Waals surface area contributed by atoms with Gasteiger partial charge in [0.1, 0.15) is 0 Å². The van der Waals surface area contributed by atoms with Crippen molar-refractivity contribution in [1.29, 1.82) is 0 Å². The fourth-order valence-electron chi connectivity index (χ4n) is 2.05. The summed E-state index contributed by atoms with van der Waals surface area (Å²) in [4.78, 5) is 0. The van der Waals surface area contributed by atoms with Crippen LogP contribution in [0.4, 0.5) is 22.0 Å². The highest BCUT2D eigenvalue weighted by Gasteiger charge is 2.59. The molecule has 1 aromatic carbocycles. The second kappa shape index (κ2) is 5.91. The molecule has 120 valence electrons. The van der Waals surface area contributed by atoms with E-state index in [1.165, 1.54) is 12.1 Å². The lowest BCUT2D eigenvalue weighted by molar-refractivity contribution is -0.296. The zero-order chi connectivity index (χ0) is 16.5. The maximum Gasteiger partial charge on any atom is 0.453 e. The molecule has 0 amide bonds. The molecule has 0 aliphatic carbocycles. The highest BCUT2D eigenvalue weighted by Crippen LogP contribution is 2.44. The topological polar surface area (TPSA) is 20.2 Å². The molecular formula is C15H19F5O. The standard InChI is InChI=1S/C15H19F5O/c1-4-10(2)11-6-5-7-12(8-11)13(3,21)9-14(16,17)15(18,19)20/h5-8,10,21H,4,9H2,1-3H3. The summed E-state index contributed by atoms with van der Waals surface area (Å²) in [6.07, 6.45) is -6.58. The maximum atomic E-state index is 13.2. The Morgan fingerprint density at radius 3 is 2.19 bits per heavy atom. The number of hydrogen-bond donors (Lipinski definition) is 1. The van der Waals surface area contributed by atoms with Crippen LogP contribution in [0.25, 0.3) is 0 Å². The van der Waals surface area contributed by atoms with Gasteiger partial charge in [0.25, 0.3) is 0 Å². The third-order valence-electron chi connectivity index (χ3n) is 3.67. The van der Waals surface area contributed by atoms with Crippen molar-refractivity contribution < 1.29 is 27.1 Å². The van der Waals surface area contributed by atoms with Crippen LogP contribution in [0, 0.1) is 0 Å². The minimum Gasteiger partial charge on any atom is -0.385 e. The predicted octanol–water partition coefficient (Wildman–Crippen LogP) is 5.00. The van der Waals surface area contributed by atoms with Gasteiger partial charge in [0.15, 0.2) is 0 Å². The first-order valence-corrected chi connectivity index (χ1v) is 6.68. The van der Waals surface area contributed by atoms with Gasteiger partial charge in [-0.15, -0.1) is 0 Å². The molecule has 0 aromatic heterocycles. The first kappa shape index (κ1) is 17.9. The summed E-state index contributed by atoms with van der Waals surface area (Å²) in [6, 6.07) is 6.16. The monoisotopic (exact) mass is 310 g/mol. The highest BCUT2D eigenvalue weighted by atomic mass is 19.4. The molecule has 0 saturated carbocycles. The van der Waals surface area contributed by atoms with Crippen LogP contribution < -0.4 is 0 Å². The third-order valence-corrected chi connectivity index (χ3v) is 3.67. The number of alkyl halides is 5. The van der Waals surface area contributed by atoms with Gasteiger partial charge in [-0.1, -0.05) is 38.1 Å². The van der Waals surface area contributed by atoms with Crippen LogP contribution in [0.15, 0.2) is 24.3 Å². The van der Waals surface area contributed by atoms with Crippen molar-refractivity contribution >= 4 is 0 Å². The summed E-state index contributed by atoms with van der Waals surface area (Å²) in [7, 11) is 0. The largest absolute Gasteiger partial charge is 0.453 e. The van der Waals surface area contributed by atoms with Crippen LogP contribution in [0.1, 0.15) is 50.7 Å². The van der Waals surface area contributed by atoms with Crippen molar-refractivity contribution in [3.8, 4) is 0 Å². The van der Waals surface area contributed by atoms with E-state index in [-0.39, 0.29) is 11.5 Å². The van der Waals surface area contributed by atoms with E-state index >= 15 is 0 Å². The summed E-state index contributed by atoms with van der Waals surface area (Å²) in [5.74, 6) is -4.81. The second-order valence-corrected chi connectivity index (χ2v) is 5.59. The second-order valence-electron chi connectivity index (χ2n) is 5.59. The van der Waals surface area contributed by atoms with Crippen LogP contribution in [-0.2, 0) is 5.60 Å². The smallest absolute Gasteiger partial charge is 0.385 e. The average Bonchev–Trinajstić information content (AvgIpc) is 2.35. The fraction of sp³-hybridized carbons (Fsp3) is 0.600. The van der Waals surface area contributed by atoms with Crippen molar-refractivity contribution in [3.63, 3.8) is 0 Å². The highest BCUT2D eigenvalue weighted by molar-refractivity contribution is 5.30. The summed E-state index contributed by atoms with van der Waals surface area (Å²) in [5, 5.41) is 10.1. The molecule has 0 radical (unpaired) electrons. The molecular weight excluding hydrogens is 291 g/mol. The van der Waals surface area contributed by atoms with Crippen LogP contribution in [0.5, 0.6) is 0 Å². The van der Waals surface area contributed by atoms with Crippen molar-refractivity contribution in [2.75, 3.05) is 0 Å². The van der Waals surface area contributed by atoms with Crippen LogP contribution in [0.2, 0.25) is 0 Å². The average molecular weight is 310 g/mol. The first-order chi connectivity index (χ1) is 9.40. The first-order valence-electron chi connectivity index (χ1n) is 6.68. The van der Waals surface area contributed by atoms with E-state index in [0.717, 1.165) is 18.9 Å². The zero-order valence-corrected chi connectivity index (χ0v) is 12.1. The molecule has 6 heteroatoms. The number of hydrogen-bond acceptors (Lipinski definition) is 1. The molecule has 0 saturated heterocycles. The fourth-order valence-corrected chi connectivity index (χ4v) is 2.05. The molecule has 0 spiro atoms. The molecule has 1 aromatic rings. The summed E-state index contributed by atoms with van der Waals surface area (Å²) in [6.45, 7) is 4.83. The summed E-state index contributed by atoms with van der Waals surface area (Å²) < 4.78 is 63.1. The van der Waals surface area contributed by atoms with Gasteiger partial charge < -0.3 is 5.11 Å². The van der Waals surface area contributed by atoms with E-state index in [9.17, 15) is 27.1 Å². The Bertz CT molecular complexity index is 479. The molecule has 1 nitrogen and oxygen atoms in total. The molecule has 2 unspecified atom stereocenters. The lowest BCUT2D eigenvalue weighted by atomic mass is 9.86. The number of rotatable bonds is 5. The Labute approximate surface area is 120 Å². The van der Waals surface area contributed by atoms with E-state index in [1.54, 1.807) is 12.1 Å². The third kappa shape index (κ3) is 4.15. The molecule has 1 rings (SSSR count). The van der Waals surface area contributed by atoms with E-state index in [1.807, 2.05) is 13.8 Å². The lowest BCUT2D eigenvalue weighted by Gasteiger charge is -2.30. The van der Waals surface area contributed by atoms with E-state index in [2.05, 4.69) is 0 Å². The van der Waals surface area contributed by atoms with Gasteiger partial charge in [-0.05, 0) is 30.4 Å². The van der Waals surface area contributed by atoms with Crippen molar-refractivity contribution in [3.05, 3.63) is 35.4 Å². The minimum atomic E-state index is -5.68. The van der Waals surface area contributed by atoms with Gasteiger partial charge >= 0.3 is 12.1 Å². The van der Waals surface area contributed by atoms with Crippen LogP contribution in [0.3, 0.4) is 0 Å². The van der Waals surface area contributed by atoms with Crippen LogP contribution in [-0.4, -0.2) is 17.2 Å². The molecule has 0 heterocycles. The van der Waals surface area contributed by atoms with Crippen molar-refractivity contribution in [2.45, 2.75) is 57.2 Å². The number of aliphatic hydroxyl groups is 1. The molecule has 0 bridgehead atoms. The van der Waals surface area contributed by atoms with Gasteiger partial charge in [-0.25, -0.2) is 0 Å². The van der Waals surface area contributed by atoms with Gasteiger partial charge in [0.05, 0.1) is 12.0 Å². The van der Waals surface area contributed by atoms with Crippen molar-refractivity contribution in [2.24, 2.45) is 0 Å². The normalized spacial score (nSPS) is 17.4. The Morgan fingerprint density at radius 2 is 1.71 bits per heavy atom. The van der Waals surface area contributed by atoms with Gasteiger partial charge in [-0.2, -0.15) is 22.0 Å². The summed E-state index contributed by atoms with van der Waals surface area (Å²) in [5.41, 5.74) is -1.41. The van der Waals surface area contributed by atoms with Gasteiger partial charge in [0.2, 0.25) is 0 Å². The van der Waals surface area contributed by atoms with E-state index in [0.29, 0.717) is 0 Å².